The summed E-state index contributed by atoms with van der Waals surface area (Å²) in [7, 11) is 1.65. The van der Waals surface area contributed by atoms with Crippen molar-refractivity contribution in [3.8, 4) is 5.75 Å². The van der Waals surface area contributed by atoms with Crippen molar-refractivity contribution in [1.29, 1.82) is 0 Å². The Labute approximate surface area is 207 Å². The summed E-state index contributed by atoms with van der Waals surface area (Å²) in [6.45, 7) is 1.98. The summed E-state index contributed by atoms with van der Waals surface area (Å²) in [5.41, 5.74) is 3.27. The molecule has 5 N–H and O–H groups in total. The van der Waals surface area contributed by atoms with Crippen LogP contribution in [-0.2, 0) is 13.0 Å². The van der Waals surface area contributed by atoms with E-state index in [4.69, 9.17) is 4.74 Å². The van der Waals surface area contributed by atoms with Gasteiger partial charge in [-0.1, -0.05) is 34.1 Å². The van der Waals surface area contributed by atoms with Crippen LogP contribution in [0.25, 0.3) is 10.9 Å². The Balaban J connectivity index is 1.45. The molecule has 1 aliphatic heterocycles. The second-order valence-corrected chi connectivity index (χ2v) is 9.63. The number of hydrogen-bond donors (Lipinski definition) is 5. The van der Waals surface area contributed by atoms with Gasteiger partial charge in [-0.3, -0.25) is 4.90 Å². The molecule has 34 heavy (non-hydrogen) atoms. The highest BCUT2D eigenvalue weighted by Crippen LogP contribution is 2.26. The Hall–Kier alpha value is -2.14. The van der Waals surface area contributed by atoms with Crippen molar-refractivity contribution in [2.45, 2.75) is 37.3 Å². The molecule has 2 aromatic carbocycles. The molecule has 0 radical (unpaired) electrons. The summed E-state index contributed by atoms with van der Waals surface area (Å²) >= 11 is 3.51. The molecule has 3 aromatic rings. The number of rotatable bonds is 9. The normalized spacial score (nSPS) is 23.4. The third kappa shape index (κ3) is 5.40. The number of aromatic nitrogens is 1. The summed E-state index contributed by atoms with van der Waals surface area (Å²) in [6.07, 6.45) is -0.629. The number of nitrogens with one attached hydrogen (secondary N) is 1. The summed E-state index contributed by atoms with van der Waals surface area (Å²) in [5, 5.41) is 44.6. The lowest BCUT2D eigenvalue weighted by molar-refractivity contribution is -0.144. The standard InChI is InChI=1S/C25H32BrN3O5/c1-34-19-11-17(26)10-18(12-19)27-7-9-29-13-16(20-4-2-3-5-21(20)29)6-8-28-14-23(31)25(33)24(32)22(28)15-30/h2-5,10-13,22-25,27,30-33H,6-9,14-15H2,1H3/t22-,23+,24-,25-/m1/s1. The van der Waals surface area contributed by atoms with Crippen LogP contribution in [-0.4, -0.2) is 87.6 Å². The first-order valence-electron chi connectivity index (χ1n) is 11.5. The van der Waals surface area contributed by atoms with Crippen LogP contribution in [0.5, 0.6) is 5.75 Å². The van der Waals surface area contributed by atoms with Crippen molar-refractivity contribution in [2.24, 2.45) is 0 Å². The molecule has 1 saturated heterocycles. The molecule has 0 saturated carbocycles. The fraction of sp³-hybridized carbons (Fsp3) is 0.440. The van der Waals surface area contributed by atoms with E-state index in [1.54, 1.807) is 7.11 Å². The number of fused-ring (bicyclic) bond motifs is 1. The highest BCUT2D eigenvalue weighted by Gasteiger charge is 2.40. The largest absolute Gasteiger partial charge is 0.497 e. The molecule has 2 heterocycles. The number of ether oxygens (including phenoxy) is 1. The maximum Gasteiger partial charge on any atom is 0.122 e. The summed E-state index contributed by atoms with van der Waals surface area (Å²) in [4.78, 5) is 1.86. The lowest BCUT2D eigenvalue weighted by atomic mass is 9.94. The molecule has 1 fully saturated rings. The first kappa shape index (κ1) is 25.0. The number of halogens is 1. The number of aliphatic hydroxyl groups is 4. The Morgan fingerprint density at radius 3 is 2.65 bits per heavy atom. The molecule has 9 heteroatoms. The van der Waals surface area contributed by atoms with Crippen LogP contribution in [0.3, 0.4) is 0 Å². The average molecular weight is 534 g/mol. The number of β-amino-alcohol motifs (C(OH)–C–C–N with tert-alkyl or cyclic N) is 1. The van der Waals surface area contributed by atoms with E-state index in [0.29, 0.717) is 13.0 Å². The van der Waals surface area contributed by atoms with Crippen molar-refractivity contribution >= 4 is 32.5 Å². The molecular weight excluding hydrogens is 502 g/mol. The number of anilines is 1. The predicted octanol–water partition coefficient (Wildman–Crippen LogP) is 1.83. The maximum atomic E-state index is 10.3. The van der Waals surface area contributed by atoms with Gasteiger partial charge < -0.3 is 35.0 Å². The van der Waals surface area contributed by atoms with Gasteiger partial charge in [0, 0.05) is 59.5 Å². The second kappa shape index (κ2) is 11.1. The molecule has 1 aromatic heterocycles. The van der Waals surface area contributed by atoms with Gasteiger partial charge in [-0.2, -0.15) is 0 Å². The number of aliphatic hydroxyl groups excluding tert-OH is 4. The van der Waals surface area contributed by atoms with E-state index in [0.717, 1.165) is 45.5 Å². The maximum absolute atomic E-state index is 10.3. The number of nitrogens with zero attached hydrogens (tertiary/aromatic N) is 2. The van der Waals surface area contributed by atoms with Crippen LogP contribution in [0.1, 0.15) is 5.56 Å². The predicted molar refractivity (Wildman–Crippen MR) is 135 cm³/mol. The Morgan fingerprint density at radius 2 is 1.88 bits per heavy atom. The van der Waals surface area contributed by atoms with Gasteiger partial charge in [-0.15, -0.1) is 0 Å². The van der Waals surface area contributed by atoms with Crippen LogP contribution in [0.15, 0.2) is 53.1 Å². The topological polar surface area (TPSA) is 110 Å². The molecule has 0 bridgehead atoms. The fourth-order valence-electron chi connectivity index (χ4n) is 4.71. The second-order valence-electron chi connectivity index (χ2n) is 8.71. The average Bonchev–Trinajstić information content (AvgIpc) is 3.18. The summed E-state index contributed by atoms with van der Waals surface area (Å²) < 4.78 is 8.50. The molecule has 0 spiro atoms. The molecule has 0 amide bonds. The van der Waals surface area contributed by atoms with E-state index in [9.17, 15) is 20.4 Å². The number of hydrogen-bond acceptors (Lipinski definition) is 7. The first-order chi connectivity index (χ1) is 16.4. The minimum atomic E-state index is -1.24. The minimum absolute atomic E-state index is 0.210. The number of piperidine rings is 1. The minimum Gasteiger partial charge on any atom is -0.497 e. The molecule has 0 aliphatic carbocycles. The highest BCUT2D eigenvalue weighted by atomic mass is 79.9. The van der Waals surface area contributed by atoms with Crippen molar-refractivity contribution in [3.05, 3.63) is 58.7 Å². The van der Waals surface area contributed by atoms with Gasteiger partial charge >= 0.3 is 0 Å². The van der Waals surface area contributed by atoms with Gasteiger partial charge in [0.1, 0.15) is 18.0 Å². The lowest BCUT2D eigenvalue weighted by Gasteiger charge is -2.43. The quantitative estimate of drug-likeness (QED) is 0.285. The van der Waals surface area contributed by atoms with Crippen LogP contribution in [0.2, 0.25) is 0 Å². The van der Waals surface area contributed by atoms with Crippen molar-refractivity contribution < 1.29 is 25.2 Å². The van der Waals surface area contributed by atoms with E-state index < -0.39 is 24.4 Å². The summed E-state index contributed by atoms with van der Waals surface area (Å²) in [5.74, 6) is 0.784. The molecule has 4 rings (SSSR count). The van der Waals surface area contributed by atoms with Gasteiger partial charge in [0.25, 0.3) is 0 Å². The Bertz CT molecular complexity index is 1110. The zero-order chi connectivity index (χ0) is 24.2. The number of para-hydroxylation sites is 1. The smallest absolute Gasteiger partial charge is 0.122 e. The van der Waals surface area contributed by atoms with E-state index in [1.165, 1.54) is 0 Å². The van der Waals surface area contributed by atoms with Gasteiger partial charge in [0.2, 0.25) is 0 Å². The zero-order valence-electron chi connectivity index (χ0n) is 19.1. The third-order valence-corrected chi connectivity index (χ3v) is 7.00. The van der Waals surface area contributed by atoms with E-state index in [1.807, 2.05) is 35.2 Å². The molecule has 8 nitrogen and oxygen atoms in total. The highest BCUT2D eigenvalue weighted by molar-refractivity contribution is 9.10. The van der Waals surface area contributed by atoms with Crippen LogP contribution < -0.4 is 10.1 Å². The zero-order valence-corrected chi connectivity index (χ0v) is 20.7. The van der Waals surface area contributed by atoms with Gasteiger partial charge in [0.05, 0.1) is 25.9 Å². The number of methoxy groups -OCH3 is 1. The monoisotopic (exact) mass is 533 g/mol. The van der Waals surface area contributed by atoms with E-state index in [2.05, 4.69) is 44.1 Å². The lowest BCUT2D eigenvalue weighted by Crippen LogP contribution is -2.62. The van der Waals surface area contributed by atoms with Crippen LogP contribution in [0.4, 0.5) is 5.69 Å². The van der Waals surface area contributed by atoms with Crippen LogP contribution >= 0.6 is 15.9 Å². The van der Waals surface area contributed by atoms with Gasteiger partial charge in [-0.25, -0.2) is 0 Å². The Kier molecular flexibility index (Phi) is 8.13. The Morgan fingerprint density at radius 1 is 1.09 bits per heavy atom. The first-order valence-corrected chi connectivity index (χ1v) is 12.2. The third-order valence-electron chi connectivity index (χ3n) is 6.54. The van der Waals surface area contributed by atoms with Crippen molar-refractivity contribution in [2.75, 3.05) is 38.7 Å². The van der Waals surface area contributed by atoms with Crippen molar-refractivity contribution in [3.63, 3.8) is 0 Å². The van der Waals surface area contributed by atoms with Crippen LogP contribution in [0, 0.1) is 0 Å². The van der Waals surface area contributed by atoms with E-state index >= 15 is 0 Å². The van der Waals surface area contributed by atoms with Crippen molar-refractivity contribution in [1.82, 2.24) is 9.47 Å². The SMILES string of the molecule is COc1cc(Br)cc(NCCn2cc(CCN3C[C@H](O)[C@@H](O)[C@H](O)[C@H]3CO)c3ccccc32)c1. The molecule has 4 atom stereocenters. The fourth-order valence-corrected chi connectivity index (χ4v) is 5.18. The van der Waals surface area contributed by atoms with E-state index in [-0.39, 0.29) is 13.2 Å². The van der Waals surface area contributed by atoms with Gasteiger partial charge in [-0.05, 0) is 30.2 Å². The summed E-state index contributed by atoms with van der Waals surface area (Å²) in [6, 6.07) is 13.5. The molecule has 0 unspecified atom stereocenters. The van der Waals surface area contributed by atoms with Gasteiger partial charge in [0.15, 0.2) is 0 Å². The molecule has 1 aliphatic rings. The molecular formula is C25H32BrN3O5. The number of benzene rings is 2. The molecule has 184 valence electrons. The number of likely N-dealkylation sites (tertiary alicyclic amines) is 1.